The van der Waals surface area contributed by atoms with Crippen molar-refractivity contribution in [3.05, 3.63) is 23.9 Å². The molecular formula is C14H20N2O3. The first-order chi connectivity index (χ1) is 9.02. The zero-order valence-electron chi connectivity index (χ0n) is 11.4. The topological polar surface area (TPSA) is 62.7 Å². The van der Waals surface area contributed by atoms with E-state index >= 15 is 0 Å². The smallest absolute Gasteiger partial charge is 0.338 e. The highest BCUT2D eigenvalue weighted by atomic mass is 16.5. The van der Waals surface area contributed by atoms with Crippen LogP contribution in [0.15, 0.2) is 18.3 Å². The number of rotatable bonds is 2. The number of nitrogens with zero attached hydrogens (tertiary/aromatic N) is 2. The van der Waals surface area contributed by atoms with E-state index in [1.54, 1.807) is 18.3 Å². The van der Waals surface area contributed by atoms with E-state index in [1.807, 2.05) is 6.92 Å². The molecule has 2 rings (SSSR count). The summed E-state index contributed by atoms with van der Waals surface area (Å²) in [6, 6.07) is 3.38. The van der Waals surface area contributed by atoms with Gasteiger partial charge in [-0.1, -0.05) is 0 Å². The number of pyridine rings is 1. The lowest BCUT2D eigenvalue weighted by atomic mass is 9.98. The highest BCUT2D eigenvalue weighted by Gasteiger charge is 2.25. The average Bonchev–Trinajstić information content (AvgIpc) is 2.59. The molecule has 1 atom stereocenters. The van der Waals surface area contributed by atoms with Crippen LogP contribution in [0.3, 0.4) is 0 Å². The van der Waals surface area contributed by atoms with Gasteiger partial charge in [-0.05, 0) is 38.3 Å². The van der Waals surface area contributed by atoms with Gasteiger partial charge in [0.05, 0.1) is 18.3 Å². The van der Waals surface area contributed by atoms with Gasteiger partial charge >= 0.3 is 5.97 Å². The molecule has 1 aliphatic heterocycles. The number of hydrogen-bond acceptors (Lipinski definition) is 5. The van der Waals surface area contributed by atoms with Gasteiger partial charge in [-0.15, -0.1) is 0 Å². The lowest BCUT2D eigenvalue weighted by Crippen LogP contribution is -2.28. The molecule has 5 heteroatoms. The van der Waals surface area contributed by atoms with Crippen LogP contribution in [0.25, 0.3) is 0 Å². The van der Waals surface area contributed by atoms with Gasteiger partial charge in [0.2, 0.25) is 0 Å². The van der Waals surface area contributed by atoms with Crippen LogP contribution in [0.4, 0.5) is 5.82 Å². The van der Waals surface area contributed by atoms with Crippen molar-refractivity contribution in [2.24, 2.45) is 0 Å². The molecule has 104 valence electrons. The number of esters is 1. The monoisotopic (exact) mass is 264 g/mol. The third-order valence-corrected chi connectivity index (χ3v) is 3.55. The van der Waals surface area contributed by atoms with Crippen molar-refractivity contribution < 1.29 is 14.6 Å². The molecule has 1 aliphatic rings. The Morgan fingerprint density at radius 2 is 2.26 bits per heavy atom. The summed E-state index contributed by atoms with van der Waals surface area (Å²) in [5.74, 6) is 0.408. The summed E-state index contributed by atoms with van der Waals surface area (Å²) in [7, 11) is 1.37. The normalized spacial score (nSPS) is 23.8. The molecule has 0 spiro atoms. The molecule has 0 aromatic carbocycles. The van der Waals surface area contributed by atoms with Gasteiger partial charge in [-0.3, -0.25) is 0 Å². The Bertz CT molecular complexity index is 460. The van der Waals surface area contributed by atoms with E-state index in [0.29, 0.717) is 12.0 Å². The first kappa shape index (κ1) is 13.8. The first-order valence-corrected chi connectivity index (χ1v) is 6.53. The van der Waals surface area contributed by atoms with Gasteiger partial charge in [0.25, 0.3) is 0 Å². The third kappa shape index (κ3) is 3.44. The predicted molar refractivity (Wildman–Crippen MR) is 72.3 cm³/mol. The lowest BCUT2D eigenvalue weighted by molar-refractivity contribution is 0.0481. The summed E-state index contributed by atoms with van der Waals surface area (Å²) in [6.07, 6.45) is 4.03. The minimum absolute atomic E-state index is 0.356. The van der Waals surface area contributed by atoms with Crippen LogP contribution in [0.5, 0.6) is 0 Å². The SMILES string of the molecule is COC(=O)c1ccnc(N2CCCC(C)(O)CC2)c1. The summed E-state index contributed by atoms with van der Waals surface area (Å²) in [6.45, 7) is 3.45. The van der Waals surface area contributed by atoms with Crippen LogP contribution < -0.4 is 4.90 Å². The van der Waals surface area contributed by atoms with Crippen LogP contribution in [-0.2, 0) is 4.74 Å². The van der Waals surface area contributed by atoms with E-state index in [2.05, 4.69) is 9.88 Å². The van der Waals surface area contributed by atoms with Gasteiger partial charge in [0.1, 0.15) is 5.82 Å². The Kier molecular flexibility index (Phi) is 4.04. The van der Waals surface area contributed by atoms with Gasteiger partial charge in [-0.25, -0.2) is 9.78 Å². The zero-order valence-corrected chi connectivity index (χ0v) is 11.4. The van der Waals surface area contributed by atoms with Crippen molar-refractivity contribution in [2.45, 2.75) is 31.8 Å². The standard InChI is InChI=1S/C14H20N2O3/c1-14(18)5-3-8-16(9-6-14)12-10-11(4-7-15-12)13(17)19-2/h4,7,10,18H,3,5-6,8-9H2,1-2H3. The van der Waals surface area contributed by atoms with Crippen LogP contribution in [0.2, 0.25) is 0 Å². The summed E-state index contributed by atoms with van der Waals surface area (Å²) in [5, 5.41) is 10.1. The Labute approximate surface area is 113 Å². The number of aliphatic hydroxyl groups is 1. The van der Waals surface area contributed by atoms with Gasteiger partial charge in [0, 0.05) is 19.3 Å². The summed E-state index contributed by atoms with van der Waals surface area (Å²) in [4.78, 5) is 17.9. The molecule has 1 unspecified atom stereocenters. The second-order valence-corrected chi connectivity index (χ2v) is 5.23. The Morgan fingerprint density at radius 3 is 3.00 bits per heavy atom. The molecule has 19 heavy (non-hydrogen) atoms. The Balaban J connectivity index is 2.15. The van der Waals surface area contributed by atoms with E-state index in [9.17, 15) is 9.90 Å². The highest BCUT2D eigenvalue weighted by Crippen LogP contribution is 2.24. The van der Waals surface area contributed by atoms with Crippen molar-refractivity contribution in [1.82, 2.24) is 4.98 Å². The van der Waals surface area contributed by atoms with E-state index in [-0.39, 0.29) is 5.97 Å². The fraction of sp³-hybridized carbons (Fsp3) is 0.571. The van der Waals surface area contributed by atoms with Gasteiger partial charge < -0.3 is 14.7 Å². The molecule has 0 radical (unpaired) electrons. The Hall–Kier alpha value is -1.62. The quantitative estimate of drug-likeness (QED) is 0.822. The summed E-state index contributed by atoms with van der Waals surface area (Å²) < 4.78 is 4.71. The molecular weight excluding hydrogens is 244 g/mol. The molecule has 5 nitrogen and oxygen atoms in total. The minimum atomic E-state index is -0.602. The van der Waals surface area contributed by atoms with Crippen LogP contribution >= 0.6 is 0 Å². The molecule has 1 aromatic rings. The van der Waals surface area contributed by atoms with E-state index in [0.717, 1.165) is 31.7 Å². The van der Waals surface area contributed by atoms with Crippen LogP contribution in [0.1, 0.15) is 36.5 Å². The molecule has 0 saturated carbocycles. The number of anilines is 1. The molecule has 2 heterocycles. The number of aromatic nitrogens is 1. The van der Waals surface area contributed by atoms with E-state index in [1.165, 1.54) is 7.11 Å². The maximum absolute atomic E-state index is 11.5. The predicted octanol–water partition coefficient (Wildman–Crippen LogP) is 1.61. The number of ether oxygens (including phenoxy) is 1. The second kappa shape index (κ2) is 5.57. The highest BCUT2D eigenvalue weighted by molar-refractivity contribution is 5.90. The Morgan fingerprint density at radius 1 is 1.47 bits per heavy atom. The fourth-order valence-corrected chi connectivity index (χ4v) is 2.33. The van der Waals surface area contributed by atoms with Crippen molar-refractivity contribution in [3.63, 3.8) is 0 Å². The number of methoxy groups -OCH3 is 1. The first-order valence-electron chi connectivity index (χ1n) is 6.53. The van der Waals surface area contributed by atoms with Crippen molar-refractivity contribution >= 4 is 11.8 Å². The number of hydrogen-bond donors (Lipinski definition) is 1. The third-order valence-electron chi connectivity index (χ3n) is 3.55. The van der Waals surface area contributed by atoms with Crippen molar-refractivity contribution in [2.75, 3.05) is 25.1 Å². The van der Waals surface area contributed by atoms with E-state index in [4.69, 9.17) is 4.74 Å². The molecule has 0 aliphatic carbocycles. The van der Waals surface area contributed by atoms with Crippen molar-refractivity contribution in [3.8, 4) is 0 Å². The molecule has 1 fully saturated rings. The van der Waals surface area contributed by atoms with Crippen LogP contribution in [-0.4, -0.2) is 41.9 Å². The largest absolute Gasteiger partial charge is 0.465 e. The van der Waals surface area contributed by atoms with Gasteiger partial charge in [0.15, 0.2) is 0 Å². The maximum Gasteiger partial charge on any atom is 0.338 e. The number of carbonyl (C=O) groups is 1. The van der Waals surface area contributed by atoms with Crippen molar-refractivity contribution in [1.29, 1.82) is 0 Å². The molecule has 0 bridgehead atoms. The van der Waals surface area contributed by atoms with E-state index < -0.39 is 5.60 Å². The zero-order chi connectivity index (χ0) is 13.9. The molecule has 1 saturated heterocycles. The molecule has 0 amide bonds. The summed E-state index contributed by atoms with van der Waals surface area (Å²) in [5.41, 5.74) is -0.0992. The lowest BCUT2D eigenvalue weighted by Gasteiger charge is -2.23. The molecule has 1 aromatic heterocycles. The van der Waals surface area contributed by atoms with Crippen LogP contribution in [0, 0.1) is 0 Å². The number of carbonyl (C=O) groups excluding carboxylic acids is 1. The average molecular weight is 264 g/mol. The fourth-order valence-electron chi connectivity index (χ4n) is 2.33. The minimum Gasteiger partial charge on any atom is -0.465 e. The second-order valence-electron chi connectivity index (χ2n) is 5.23. The maximum atomic E-state index is 11.5. The molecule has 1 N–H and O–H groups in total. The summed E-state index contributed by atoms with van der Waals surface area (Å²) >= 11 is 0. The van der Waals surface area contributed by atoms with Gasteiger partial charge in [-0.2, -0.15) is 0 Å².